The number of amides is 2. The summed E-state index contributed by atoms with van der Waals surface area (Å²) in [5, 5.41) is 13.1. The first-order valence-electron chi connectivity index (χ1n) is 11.1. The molecule has 3 heterocycles. The molecule has 1 aromatic heterocycles. The molecule has 2 amide bonds. The molecule has 1 fully saturated rings. The topological polar surface area (TPSA) is 91.6 Å². The van der Waals surface area contributed by atoms with Gasteiger partial charge in [0.1, 0.15) is 0 Å². The van der Waals surface area contributed by atoms with E-state index in [0.717, 1.165) is 12.0 Å². The van der Waals surface area contributed by atoms with Crippen LogP contribution in [0, 0.1) is 11.8 Å². The summed E-state index contributed by atoms with van der Waals surface area (Å²) in [5.74, 6) is -1.36. The molecular weight excluding hydrogens is 406 g/mol. The van der Waals surface area contributed by atoms with Crippen LogP contribution in [0.25, 0.3) is 12.2 Å². The number of fused-ring (bicyclic) bond motifs is 4. The van der Waals surface area contributed by atoms with E-state index in [1.807, 2.05) is 49.4 Å². The van der Waals surface area contributed by atoms with Crippen LogP contribution in [0.4, 0.5) is 0 Å². The lowest BCUT2D eigenvalue weighted by Crippen LogP contribution is -2.48. The van der Waals surface area contributed by atoms with E-state index in [9.17, 15) is 19.5 Å². The number of aromatic nitrogens is 1. The van der Waals surface area contributed by atoms with E-state index in [2.05, 4.69) is 5.32 Å². The summed E-state index contributed by atoms with van der Waals surface area (Å²) in [6.07, 6.45) is 4.47. The second kappa shape index (κ2) is 9.12. The first-order chi connectivity index (χ1) is 15.5. The van der Waals surface area contributed by atoms with Crippen LogP contribution in [0.1, 0.15) is 43.1 Å². The van der Waals surface area contributed by atoms with Gasteiger partial charge < -0.3 is 19.9 Å². The molecule has 0 spiro atoms. The van der Waals surface area contributed by atoms with Gasteiger partial charge in [-0.3, -0.25) is 14.4 Å². The number of aliphatic hydroxyl groups is 1. The summed E-state index contributed by atoms with van der Waals surface area (Å²) in [5.41, 5.74) is 2.02. The Balaban J connectivity index is 1.76. The molecular formula is C25H29N3O4. The van der Waals surface area contributed by atoms with E-state index in [1.165, 1.54) is 6.92 Å². The van der Waals surface area contributed by atoms with Crippen molar-refractivity contribution in [2.45, 2.75) is 38.9 Å². The number of benzene rings is 1. The van der Waals surface area contributed by atoms with Crippen molar-refractivity contribution in [2.24, 2.45) is 11.8 Å². The van der Waals surface area contributed by atoms with Gasteiger partial charge in [-0.1, -0.05) is 43.3 Å². The monoisotopic (exact) mass is 435 g/mol. The fourth-order valence-corrected chi connectivity index (χ4v) is 5.10. The van der Waals surface area contributed by atoms with Gasteiger partial charge in [0.15, 0.2) is 0 Å². The highest BCUT2D eigenvalue weighted by atomic mass is 16.3. The van der Waals surface area contributed by atoms with Crippen LogP contribution in [0.2, 0.25) is 0 Å². The molecule has 2 N–H and O–H groups in total. The van der Waals surface area contributed by atoms with Crippen molar-refractivity contribution in [3.63, 3.8) is 0 Å². The zero-order valence-corrected chi connectivity index (χ0v) is 18.4. The van der Waals surface area contributed by atoms with Crippen LogP contribution in [0.3, 0.4) is 0 Å². The summed E-state index contributed by atoms with van der Waals surface area (Å²) >= 11 is 0. The van der Waals surface area contributed by atoms with E-state index in [1.54, 1.807) is 21.6 Å². The summed E-state index contributed by atoms with van der Waals surface area (Å²) in [4.78, 5) is 40.6. The number of nitrogens with zero attached hydrogens (tertiary/aromatic N) is 2. The van der Waals surface area contributed by atoms with Gasteiger partial charge in [-0.15, -0.1) is 0 Å². The van der Waals surface area contributed by atoms with Crippen molar-refractivity contribution in [3.05, 3.63) is 69.6 Å². The molecule has 0 unspecified atom stereocenters. The number of hydrogen-bond acceptors (Lipinski definition) is 4. The molecule has 7 nitrogen and oxygen atoms in total. The standard InChI is InChI=1S/C25H29N3O4/c1-3-13-26-24(31)22-19(15-29)21-14-27-20(23(22)28(21)16(2)30)12-11-18(25(27)32)10-9-17-7-5-4-6-8-17/h4-12,19,21-23,29H,3,13-15H2,1-2H3,(H,26,31)/b10-9+/t19-,21-,22+,23+/m1/s1. The van der Waals surface area contributed by atoms with Crippen molar-refractivity contribution < 1.29 is 14.7 Å². The smallest absolute Gasteiger partial charge is 0.258 e. The molecule has 4 atom stereocenters. The maximum atomic E-state index is 13.3. The van der Waals surface area contributed by atoms with Gasteiger partial charge >= 0.3 is 0 Å². The van der Waals surface area contributed by atoms with Gasteiger partial charge in [-0.2, -0.15) is 0 Å². The first-order valence-corrected chi connectivity index (χ1v) is 11.1. The first kappa shape index (κ1) is 22.0. The molecule has 0 aliphatic carbocycles. The predicted octanol–water partition coefficient (Wildman–Crippen LogP) is 2.06. The minimum absolute atomic E-state index is 0.154. The highest BCUT2D eigenvalue weighted by Crippen LogP contribution is 2.48. The average Bonchev–Trinajstić information content (AvgIpc) is 3.05. The summed E-state index contributed by atoms with van der Waals surface area (Å²) in [7, 11) is 0. The number of nitrogens with one attached hydrogen (secondary N) is 1. The van der Waals surface area contributed by atoms with Crippen LogP contribution < -0.4 is 10.9 Å². The number of hydrogen-bond donors (Lipinski definition) is 2. The second-order valence-electron chi connectivity index (χ2n) is 8.48. The maximum absolute atomic E-state index is 13.3. The molecule has 2 aliphatic heterocycles. The SMILES string of the molecule is CCCNC(=O)[C@H]1[C@H](CO)[C@H]2Cn3c(ccc(/C=C/c4ccccc4)c3=O)[C@@H]1N2C(C)=O. The normalized spacial score (nSPS) is 23.9. The lowest BCUT2D eigenvalue weighted by atomic mass is 9.86. The minimum Gasteiger partial charge on any atom is -0.396 e. The third-order valence-corrected chi connectivity index (χ3v) is 6.54. The van der Waals surface area contributed by atoms with Gasteiger partial charge in [0.25, 0.3) is 5.56 Å². The fourth-order valence-electron chi connectivity index (χ4n) is 5.10. The van der Waals surface area contributed by atoms with E-state index in [-0.39, 0.29) is 30.5 Å². The molecule has 2 aromatic rings. The Bertz CT molecular complexity index is 1090. The largest absolute Gasteiger partial charge is 0.396 e. The number of carbonyl (C=O) groups is 2. The fraction of sp³-hybridized carbons (Fsp3) is 0.400. The van der Waals surface area contributed by atoms with Crippen LogP contribution in [0.15, 0.2) is 47.3 Å². The zero-order valence-electron chi connectivity index (χ0n) is 18.4. The molecule has 4 rings (SSSR count). The van der Waals surface area contributed by atoms with Crippen LogP contribution in [-0.4, -0.2) is 45.6 Å². The van der Waals surface area contributed by atoms with E-state index >= 15 is 0 Å². The number of carbonyl (C=O) groups excluding carboxylic acids is 2. The molecule has 0 saturated carbocycles. The number of pyridine rings is 1. The molecule has 168 valence electrons. The lowest BCUT2D eigenvalue weighted by molar-refractivity contribution is -0.134. The molecule has 7 heteroatoms. The summed E-state index contributed by atoms with van der Waals surface area (Å²) in [6.45, 7) is 4.02. The van der Waals surface area contributed by atoms with Crippen molar-refractivity contribution >= 4 is 24.0 Å². The summed E-state index contributed by atoms with van der Waals surface area (Å²) in [6, 6.07) is 12.3. The van der Waals surface area contributed by atoms with Crippen LogP contribution in [-0.2, 0) is 16.1 Å². The zero-order chi connectivity index (χ0) is 22.8. The number of aliphatic hydroxyl groups excluding tert-OH is 1. The highest BCUT2D eigenvalue weighted by molar-refractivity contribution is 5.83. The Morgan fingerprint density at radius 1 is 1.16 bits per heavy atom. The van der Waals surface area contributed by atoms with Crippen molar-refractivity contribution in [2.75, 3.05) is 13.2 Å². The molecule has 1 saturated heterocycles. The highest BCUT2D eigenvalue weighted by Gasteiger charge is 2.56. The predicted molar refractivity (Wildman–Crippen MR) is 122 cm³/mol. The lowest BCUT2D eigenvalue weighted by Gasteiger charge is -2.37. The van der Waals surface area contributed by atoms with E-state index < -0.39 is 23.9 Å². The van der Waals surface area contributed by atoms with Gasteiger partial charge in [0, 0.05) is 43.8 Å². The second-order valence-corrected chi connectivity index (χ2v) is 8.48. The molecule has 0 radical (unpaired) electrons. The van der Waals surface area contributed by atoms with Crippen LogP contribution in [0.5, 0.6) is 0 Å². The third-order valence-electron chi connectivity index (χ3n) is 6.54. The minimum atomic E-state index is -0.598. The third kappa shape index (κ3) is 3.77. The Morgan fingerprint density at radius 2 is 1.91 bits per heavy atom. The van der Waals surface area contributed by atoms with Gasteiger partial charge in [-0.25, -0.2) is 0 Å². The van der Waals surface area contributed by atoms with E-state index in [0.29, 0.717) is 17.8 Å². The van der Waals surface area contributed by atoms with Crippen molar-refractivity contribution in [1.29, 1.82) is 0 Å². The van der Waals surface area contributed by atoms with Gasteiger partial charge in [0.2, 0.25) is 11.8 Å². The van der Waals surface area contributed by atoms with Gasteiger partial charge in [-0.05, 0) is 30.2 Å². The Kier molecular flexibility index (Phi) is 6.28. The molecule has 2 aliphatic rings. The molecule has 32 heavy (non-hydrogen) atoms. The average molecular weight is 436 g/mol. The Labute approximate surface area is 187 Å². The van der Waals surface area contributed by atoms with E-state index in [4.69, 9.17) is 0 Å². The maximum Gasteiger partial charge on any atom is 0.258 e. The van der Waals surface area contributed by atoms with Crippen LogP contribution >= 0.6 is 0 Å². The molecule has 2 bridgehead atoms. The summed E-state index contributed by atoms with van der Waals surface area (Å²) < 4.78 is 1.68. The quantitative estimate of drug-likeness (QED) is 0.727. The Hall–Kier alpha value is -3.19. The van der Waals surface area contributed by atoms with Crippen molar-refractivity contribution in [3.8, 4) is 0 Å². The Morgan fingerprint density at radius 3 is 2.56 bits per heavy atom. The van der Waals surface area contributed by atoms with Gasteiger partial charge in [0.05, 0.1) is 18.0 Å². The number of rotatable bonds is 6. The van der Waals surface area contributed by atoms with Crippen molar-refractivity contribution in [1.82, 2.24) is 14.8 Å². The molecule has 1 aromatic carbocycles.